The summed E-state index contributed by atoms with van der Waals surface area (Å²) in [7, 11) is 0. The van der Waals surface area contributed by atoms with Gasteiger partial charge in [0.05, 0.1) is 12.5 Å². The largest absolute Gasteiger partial charge is 0.593 e. The molecule has 0 radical (unpaired) electrons. The van der Waals surface area contributed by atoms with Crippen molar-refractivity contribution in [2.24, 2.45) is 5.92 Å². The van der Waals surface area contributed by atoms with Crippen LogP contribution in [0.3, 0.4) is 0 Å². The summed E-state index contributed by atoms with van der Waals surface area (Å²) in [4.78, 5) is 11.4. The molecule has 1 aromatic rings. The quantitative estimate of drug-likeness (QED) is 0.561. The summed E-state index contributed by atoms with van der Waals surface area (Å²) in [5.74, 6) is 0.205. The molecule has 0 heterocycles. The second-order valence-electron chi connectivity index (χ2n) is 3.55. The molecule has 0 aliphatic rings. The van der Waals surface area contributed by atoms with Crippen LogP contribution in [0.2, 0.25) is 0 Å². The summed E-state index contributed by atoms with van der Waals surface area (Å²) in [6, 6.07) is 7.20. The van der Waals surface area contributed by atoms with Crippen LogP contribution in [0.1, 0.15) is 19.4 Å². The van der Waals surface area contributed by atoms with Crippen LogP contribution >= 0.6 is 0 Å². The van der Waals surface area contributed by atoms with Gasteiger partial charge in [-0.1, -0.05) is 6.92 Å². The number of carbonyl (C=O) groups excluding carboxylic acids is 1. The minimum absolute atomic E-state index is 0.124. The Balaban J connectivity index is 2.54. The van der Waals surface area contributed by atoms with E-state index in [1.807, 2.05) is 19.1 Å². The second-order valence-corrected chi connectivity index (χ2v) is 3.55. The highest BCUT2D eigenvalue weighted by Crippen LogP contribution is 2.14. The first-order chi connectivity index (χ1) is 7.13. The van der Waals surface area contributed by atoms with Crippen LogP contribution < -0.4 is 0 Å². The van der Waals surface area contributed by atoms with E-state index in [1.165, 1.54) is 0 Å². The van der Waals surface area contributed by atoms with Crippen LogP contribution in [0.5, 0.6) is 5.75 Å². The molecule has 0 amide bonds. The van der Waals surface area contributed by atoms with Crippen molar-refractivity contribution in [2.75, 3.05) is 6.61 Å². The Morgan fingerprint density at radius 1 is 1.40 bits per heavy atom. The van der Waals surface area contributed by atoms with Crippen molar-refractivity contribution in [3.05, 3.63) is 29.8 Å². The van der Waals surface area contributed by atoms with Crippen LogP contribution in [0, 0.1) is 5.92 Å². The molecule has 0 saturated heterocycles. The van der Waals surface area contributed by atoms with Crippen LogP contribution in [0.4, 0.5) is 0 Å². The van der Waals surface area contributed by atoms with Gasteiger partial charge in [0.1, 0.15) is 0 Å². The topological polar surface area (TPSA) is 49.2 Å². The maximum atomic E-state index is 11.4. The average molecular weight is 209 g/mol. The Hall–Kier alpha value is -1.51. The normalized spacial score (nSPS) is 12.1. The van der Waals surface area contributed by atoms with Gasteiger partial charge in [-0.3, -0.25) is 4.79 Å². The van der Waals surface area contributed by atoms with E-state index in [-0.39, 0.29) is 11.9 Å². The first kappa shape index (κ1) is 11.6. The second kappa shape index (κ2) is 5.39. The van der Waals surface area contributed by atoms with Gasteiger partial charge in [0.2, 0.25) is 0 Å². The number of carbonyl (C=O) groups is 1. The highest BCUT2D eigenvalue weighted by Gasteiger charge is 2.14. The predicted octanol–water partition coefficient (Wildman–Crippen LogP) is 1.87. The van der Waals surface area contributed by atoms with E-state index < -0.39 is 0 Å². The Morgan fingerprint density at radius 3 is 2.53 bits per heavy atom. The third-order valence-electron chi connectivity index (χ3n) is 2.18. The van der Waals surface area contributed by atoms with E-state index in [4.69, 9.17) is 9.84 Å². The molecule has 0 aromatic heterocycles. The van der Waals surface area contributed by atoms with E-state index in [0.29, 0.717) is 18.8 Å². The van der Waals surface area contributed by atoms with E-state index >= 15 is 0 Å². The van der Waals surface area contributed by atoms with Crippen molar-refractivity contribution in [2.45, 2.75) is 20.3 Å². The zero-order valence-corrected chi connectivity index (χ0v) is 9.12. The molecule has 0 saturated carbocycles. The third kappa shape index (κ3) is 3.62. The van der Waals surface area contributed by atoms with Gasteiger partial charge in [0.25, 0.3) is 5.75 Å². The van der Waals surface area contributed by atoms with Gasteiger partial charge < -0.3 is 9.84 Å². The van der Waals surface area contributed by atoms with Gasteiger partial charge in [-0.15, -0.1) is 0 Å². The molecule has 1 atom stereocenters. The lowest BCUT2D eigenvalue weighted by Crippen LogP contribution is -2.16. The SMILES string of the molecule is CCOC(=O)C(C)Cc1ccc([OH2+])cc1. The smallest absolute Gasteiger partial charge is 0.308 e. The number of rotatable bonds is 4. The van der Waals surface area contributed by atoms with Crippen molar-refractivity contribution in [1.29, 1.82) is 0 Å². The van der Waals surface area contributed by atoms with Gasteiger partial charge in [-0.25, -0.2) is 0 Å². The van der Waals surface area contributed by atoms with Crippen molar-refractivity contribution in [1.82, 2.24) is 0 Å². The van der Waals surface area contributed by atoms with E-state index in [2.05, 4.69) is 0 Å². The minimum Gasteiger partial charge on any atom is -0.593 e. The van der Waals surface area contributed by atoms with Crippen LogP contribution in [0.25, 0.3) is 0 Å². The molecule has 0 fully saturated rings. The Bertz CT molecular complexity index is 316. The first-order valence-corrected chi connectivity index (χ1v) is 5.10. The summed E-state index contributed by atoms with van der Waals surface area (Å²) >= 11 is 0. The molecule has 0 aliphatic heterocycles. The fourth-order valence-electron chi connectivity index (χ4n) is 1.36. The zero-order chi connectivity index (χ0) is 11.3. The zero-order valence-electron chi connectivity index (χ0n) is 9.12. The number of esters is 1. The van der Waals surface area contributed by atoms with Crippen molar-refractivity contribution in [3.63, 3.8) is 0 Å². The molecule has 3 nitrogen and oxygen atoms in total. The number of benzene rings is 1. The molecule has 1 aromatic carbocycles. The molecular weight excluding hydrogens is 192 g/mol. The lowest BCUT2D eigenvalue weighted by Gasteiger charge is -2.09. The van der Waals surface area contributed by atoms with E-state index in [9.17, 15) is 4.79 Å². The van der Waals surface area contributed by atoms with Crippen LogP contribution in [0.15, 0.2) is 24.3 Å². The maximum absolute atomic E-state index is 11.4. The lowest BCUT2D eigenvalue weighted by molar-refractivity contribution is -0.147. The molecular formula is C12H17O3+. The van der Waals surface area contributed by atoms with Crippen LogP contribution in [-0.2, 0) is 16.0 Å². The standard InChI is InChI=1S/C12H16O3/c1-3-15-12(14)9(2)8-10-4-6-11(13)7-5-10/h4-7,9,13H,3,8H2,1-2H3/p+1. The molecule has 82 valence electrons. The molecule has 2 N–H and O–H groups in total. The summed E-state index contributed by atoms with van der Waals surface area (Å²) in [6.45, 7) is 4.08. The monoisotopic (exact) mass is 209 g/mol. The number of hydrogen-bond donors (Lipinski definition) is 0. The van der Waals surface area contributed by atoms with Crippen molar-refractivity contribution < 1.29 is 14.6 Å². The summed E-state index contributed by atoms with van der Waals surface area (Å²) in [5, 5.41) is 7.33. The summed E-state index contributed by atoms with van der Waals surface area (Å²) in [5.41, 5.74) is 1.06. The summed E-state index contributed by atoms with van der Waals surface area (Å²) < 4.78 is 4.92. The summed E-state index contributed by atoms with van der Waals surface area (Å²) in [6.07, 6.45) is 0.666. The highest BCUT2D eigenvalue weighted by molar-refractivity contribution is 5.72. The molecule has 0 bridgehead atoms. The number of hydrogen-bond acceptors (Lipinski definition) is 2. The molecule has 0 aliphatic carbocycles. The van der Waals surface area contributed by atoms with Gasteiger partial charge in [-0.2, -0.15) is 0 Å². The Kier molecular flexibility index (Phi) is 4.16. The molecule has 15 heavy (non-hydrogen) atoms. The maximum Gasteiger partial charge on any atom is 0.308 e. The molecule has 1 unspecified atom stereocenters. The molecule has 3 heteroatoms. The molecule has 1 rings (SSSR count). The third-order valence-corrected chi connectivity index (χ3v) is 2.18. The van der Waals surface area contributed by atoms with E-state index in [1.54, 1.807) is 19.1 Å². The van der Waals surface area contributed by atoms with Gasteiger partial charge in [0.15, 0.2) is 0 Å². The average Bonchev–Trinajstić information content (AvgIpc) is 2.22. The lowest BCUT2D eigenvalue weighted by atomic mass is 10.0. The number of ether oxygens (including phenoxy) is 1. The Morgan fingerprint density at radius 2 is 2.00 bits per heavy atom. The predicted molar refractivity (Wildman–Crippen MR) is 59.0 cm³/mol. The van der Waals surface area contributed by atoms with Crippen molar-refractivity contribution >= 4 is 5.97 Å². The Labute approximate surface area is 89.7 Å². The van der Waals surface area contributed by atoms with Gasteiger partial charge in [-0.05, 0) is 31.0 Å². The van der Waals surface area contributed by atoms with Gasteiger partial charge >= 0.3 is 5.97 Å². The molecule has 0 spiro atoms. The van der Waals surface area contributed by atoms with Crippen molar-refractivity contribution in [3.8, 4) is 5.75 Å². The van der Waals surface area contributed by atoms with Gasteiger partial charge in [0, 0.05) is 12.1 Å². The minimum atomic E-state index is -0.160. The highest BCUT2D eigenvalue weighted by atomic mass is 16.5. The van der Waals surface area contributed by atoms with E-state index in [0.717, 1.165) is 5.56 Å². The van der Waals surface area contributed by atoms with Crippen LogP contribution in [-0.4, -0.2) is 17.7 Å². The fourth-order valence-corrected chi connectivity index (χ4v) is 1.36. The fraction of sp³-hybridized carbons (Fsp3) is 0.417. The first-order valence-electron chi connectivity index (χ1n) is 5.10.